The summed E-state index contributed by atoms with van der Waals surface area (Å²) in [6, 6.07) is 0. The van der Waals surface area contributed by atoms with Crippen molar-refractivity contribution in [1.29, 1.82) is 0 Å². The largest absolute Gasteiger partial charge is 0.579 e. The smallest absolute Gasteiger partial charge is 0.151 e. The summed E-state index contributed by atoms with van der Waals surface area (Å²) in [6.07, 6.45) is 0. The quantitative estimate of drug-likeness (QED) is 0.415. The molecule has 1 unspecified atom stereocenters. The molecule has 1 atom stereocenters. The number of hydrogen-bond acceptors (Lipinski definition) is 1. The van der Waals surface area contributed by atoms with Gasteiger partial charge in [0.25, 0.3) is 0 Å². The molecule has 0 amide bonds. The summed E-state index contributed by atoms with van der Waals surface area (Å²) < 4.78 is 9.01. The molecule has 0 aromatic rings. The van der Waals surface area contributed by atoms with Crippen LogP contribution in [-0.2, 0) is 4.57 Å². The molecule has 0 aliphatic heterocycles. The Kier molecular flexibility index (Phi) is 10.4. The zero-order chi connectivity index (χ0) is 7.15. The lowest BCUT2D eigenvalue weighted by Gasteiger charge is -1.79. The first-order valence-electron chi connectivity index (χ1n) is 2.31. The van der Waals surface area contributed by atoms with Crippen molar-refractivity contribution >= 4 is 19.5 Å². The molecular formula is C4H12O2PS+. The molecule has 50 valence electrons. The minimum absolute atomic E-state index is 0.833. The minimum atomic E-state index is -2.18. The molecule has 0 heterocycles. The van der Waals surface area contributed by atoms with Gasteiger partial charge in [-0.05, 0) is 10.5 Å². The average molecular weight is 155 g/mol. The van der Waals surface area contributed by atoms with E-state index in [1.165, 1.54) is 0 Å². The van der Waals surface area contributed by atoms with Crippen LogP contribution in [0.5, 0.6) is 0 Å². The zero-order valence-corrected chi connectivity index (χ0v) is 7.12. The Bertz CT molecular complexity index is 58.3. The van der Waals surface area contributed by atoms with Gasteiger partial charge in [0.2, 0.25) is 0 Å². The molecule has 0 saturated heterocycles. The molecular weight excluding hydrogens is 143 g/mol. The van der Waals surface area contributed by atoms with Gasteiger partial charge in [0.05, 0.1) is 0 Å². The monoisotopic (exact) mass is 155 g/mol. The molecule has 4 heteroatoms. The molecule has 0 bridgehead atoms. The highest BCUT2D eigenvalue weighted by Gasteiger charge is 1.90. The Labute approximate surface area is 56.3 Å². The normalized spacial score (nSPS) is 10.0. The van der Waals surface area contributed by atoms with Gasteiger partial charge in [-0.3, -0.25) is 0 Å². The van der Waals surface area contributed by atoms with E-state index in [4.69, 9.17) is 9.46 Å². The number of rotatable bonds is 0. The molecule has 0 aromatic heterocycles. The van der Waals surface area contributed by atoms with Crippen molar-refractivity contribution < 1.29 is 9.46 Å². The van der Waals surface area contributed by atoms with Gasteiger partial charge in [-0.15, -0.1) is 0 Å². The topological polar surface area (TPSA) is 37.3 Å². The van der Waals surface area contributed by atoms with Crippen molar-refractivity contribution in [2.45, 2.75) is 20.8 Å². The molecule has 0 fully saturated rings. The summed E-state index contributed by atoms with van der Waals surface area (Å²) >= 11 is 3.03. The lowest BCUT2D eigenvalue weighted by molar-refractivity contribution is 0.520. The molecule has 0 rings (SSSR count). The fourth-order valence-electron chi connectivity index (χ4n) is 0. The van der Waals surface area contributed by atoms with Crippen LogP contribution in [0, 0.1) is 5.92 Å². The predicted molar refractivity (Wildman–Crippen MR) is 39.3 cm³/mol. The Morgan fingerprint density at radius 3 is 1.50 bits per heavy atom. The van der Waals surface area contributed by atoms with Crippen molar-refractivity contribution in [2.24, 2.45) is 5.92 Å². The standard InChI is InChI=1S/C4H10.HO2PS/c1-4(2)3;1-3(2)4/h4H,1-3H3;(H-,1,2,4)/p+1. The van der Waals surface area contributed by atoms with E-state index in [0.717, 1.165) is 5.92 Å². The first kappa shape index (κ1) is 11.2. The van der Waals surface area contributed by atoms with E-state index in [1.54, 1.807) is 0 Å². The van der Waals surface area contributed by atoms with E-state index >= 15 is 0 Å². The molecule has 0 aromatic carbocycles. The molecule has 8 heavy (non-hydrogen) atoms. The predicted octanol–water partition coefficient (Wildman–Crippen LogP) is 2.23. The summed E-state index contributed by atoms with van der Waals surface area (Å²) in [5.74, 6) is 0.833. The molecule has 0 aliphatic carbocycles. The van der Waals surface area contributed by atoms with Gasteiger partial charge in [0.15, 0.2) is 0 Å². The van der Waals surface area contributed by atoms with Crippen LogP contribution >= 0.6 is 19.5 Å². The second-order valence-electron chi connectivity index (χ2n) is 1.98. The zero-order valence-electron chi connectivity index (χ0n) is 5.33. The van der Waals surface area contributed by atoms with Gasteiger partial charge >= 0.3 is 7.23 Å². The average Bonchev–Trinajstić information content (AvgIpc) is 1.25. The van der Waals surface area contributed by atoms with Crippen LogP contribution in [0.1, 0.15) is 20.8 Å². The van der Waals surface area contributed by atoms with Crippen LogP contribution in [-0.4, -0.2) is 4.89 Å². The van der Waals surface area contributed by atoms with E-state index in [2.05, 4.69) is 33.0 Å². The third kappa shape index (κ3) is 1120. The summed E-state index contributed by atoms with van der Waals surface area (Å²) in [6.45, 7) is 6.50. The van der Waals surface area contributed by atoms with Crippen LogP contribution < -0.4 is 0 Å². The van der Waals surface area contributed by atoms with Crippen LogP contribution in [0.25, 0.3) is 0 Å². The van der Waals surface area contributed by atoms with Crippen molar-refractivity contribution in [3.8, 4) is 0 Å². The Hall–Kier alpha value is 0.410. The van der Waals surface area contributed by atoms with E-state index in [9.17, 15) is 0 Å². The Morgan fingerprint density at radius 2 is 1.50 bits per heavy atom. The molecule has 1 N–H and O–H groups in total. The van der Waals surface area contributed by atoms with Gasteiger partial charge in [-0.1, -0.05) is 20.8 Å². The molecule has 0 spiro atoms. The first-order valence-corrected chi connectivity index (χ1v) is 4.68. The first-order chi connectivity index (χ1) is 3.46. The van der Waals surface area contributed by atoms with Crippen LogP contribution in [0.3, 0.4) is 0 Å². The van der Waals surface area contributed by atoms with Crippen molar-refractivity contribution in [3.05, 3.63) is 0 Å². The second-order valence-corrected chi connectivity index (χ2v) is 3.52. The van der Waals surface area contributed by atoms with E-state index in [0.29, 0.717) is 0 Å². The van der Waals surface area contributed by atoms with E-state index < -0.39 is 7.23 Å². The van der Waals surface area contributed by atoms with Gasteiger partial charge in [0.1, 0.15) is 12.2 Å². The van der Waals surface area contributed by atoms with Crippen molar-refractivity contribution in [1.82, 2.24) is 0 Å². The lowest BCUT2D eigenvalue weighted by atomic mass is 10.3. The van der Waals surface area contributed by atoms with Crippen LogP contribution in [0.4, 0.5) is 0 Å². The maximum atomic E-state index is 9.01. The summed E-state index contributed by atoms with van der Waals surface area (Å²) in [7, 11) is -2.18. The Morgan fingerprint density at radius 1 is 1.50 bits per heavy atom. The maximum absolute atomic E-state index is 9.01. The number of hydrogen-bond donors (Lipinski definition) is 2. The summed E-state index contributed by atoms with van der Waals surface area (Å²) in [5, 5.41) is 0. The van der Waals surface area contributed by atoms with Crippen molar-refractivity contribution in [3.63, 3.8) is 0 Å². The van der Waals surface area contributed by atoms with E-state index in [-0.39, 0.29) is 0 Å². The molecule has 0 aliphatic rings. The lowest BCUT2D eigenvalue weighted by Crippen LogP contribution is -1.66. The SMILES string of the molecule is CC(C)C.O=[P+](O)S. The van der Waals surface area contributed by atoms with Crippen molar-refractivity contribution in [2.75, 3.05) is 0 Å². The molecule has 0 saturated carbocycles. The second kappa shape index (κ2) is 7.41. The van der Waals surface area contributed by atoms with Gasteiger partial charge < -0.3 is 0 Å². The highest BCUT2D eigenvalue weighted by molar-refractivity contribution is 8.38. The highest BCUT2D eigenvalue weighted by atomic mass is 32.7. The maximum Gasteiger partial charge on any atom is 0.579 e. The third-order valence-corrected chi connectivity index (χ3v) is 0. The van der Waals surface area contributed by atoms with Gasteiger partial charge in [-0.25, -0.2) is 0 Å². The van der Waals surface area contributed by atoms with Crippen LogP contribution in [0.15, 0.2) is 0 Å². The Balaban J connectivity index is 0. The van der Waals surface area contributed by atoms with Gasteiger partial charge in [-0.2, -0.15) is 4.89 Å². The highest BCUT2D eigenvalue weighted by Crippen LogP contribution is 2.16. The van der Waals surface area contributed by atoms with Crippen LogP contribution in [0.2, 0.25) is 0 Å². The molecule has 0 radical (unpaired) electrons. The minimum Gasteiger partial charge on any atom is -0.151 e. The fraction of sp³-hybridized carbons (Fsp3) is 1.00. The third-order valence-electron chi connectivity index (χ3n) is 0. The summed E-state index contributed by atoms with van der Waals surface area (Å²) in [5.41, 5.74) is 0. The fourth-order valence-corrected chi connectivity index (χ4v) is 0. The molecule has 2 nitrogen and oxygen atoms in total. The van der Waals surface area contributed by atoms with Gasteiger partial charge in [0, 0.05) is 0 Å². The van der Waals surface area contributed by atoms with E-state index in [1.807, 2.05) is 0 Å². The summed E-state index contributed by atoms with van der Waals surface area (Å²) in [4.78, 5) is 7.43. The number of thiol groups is 1.